The van der Waals surface area contributed by atoms with E-state index in [1.54, 1.807) is 44.2 Å². The van der Waals surface area contributed by atoms with Crippen molar-refractivity contribution in [3.8, 4) is 6.07 Å². The van der Waals surface area contributed by atoms with Gasteiger partial charge in [0.1, 0.15) is 12.4 Å². The molecule has 2 aromatic rings. The van der Waals surface area contributed by atoms with Gasteiger partial charge >= 0.3 is 11.9 Å². The molecule has 11 heteroatoms. The van der Waals surface area contributed by atoms with E-state index in [9.17, 15) is 28.0 Å². The molecule has 0 aromatic heterocycles. The third-order valence-electron chi connectivity index (χ3n) is 5.81. The normalized spacial score (nSPS) is 14.9. The predicted molar refractivity (Wildman–Crippen MR) is 138 cm³/mol. The lowest BCUT2D eigenvalue weighted by Crippen LogP contribution is -2.39. The largest absolute Gasteiger partial charge is 0.463 e. The van der Waals surface area contributed by atoms with Gasteiger partial charge < -0.3 is 24.8 Å². The topological polar surface area (TPSA) is 115 Å². The molecule has 0 radical (unpaired) electrons. The fourth-order valence-electron chi connectivity index (χ4n) is 4.13. The molecular weight excluding hydrogens is 515 g/mol. The van der Waals surface area contributed by atoms with Crippen molar-refractivity contribution in [3.63, 3.8) is 0 Å². The first kappa shape index (κ1) is 30.9. The number of hydrogen-bond acceptors (Lipinski definition) is 8. The van der Waals surface area contributed by atoms with Crippen LogP contribution in [0.25, 0.3) is 0 Å². The first-order valence-corrected chi connectivity index (χ1v) is 11.8. The number of nitrogens with zero attached hydrogens (tertiary/aromatic N) is 2. The van der Waals surface area contributed by atoms with Gasteiger partial charge in [-0.3, -0.25) is 4.39 Å². The lowest BCUT2D eigenvalue weighted by atomic mass is 9.80. The van der Waals surface area contributed by atoms with Gasteiger partial charge in [0.2, 0.25) is 0 Å². The van der Waals surface area contributed by atoms with Crippen molar-refractivity contribution in [2.45, 2.75) is 26.2 Å². The quantitative estimate of drug-likeness (QED) is 0.350. The van der Waals surface area contributed by atoms with Crippen molar-refractivity contribution in [2.24, 2.45) is 5.73 Å². The Hall–Kier alpha value is -4.30. The standard InChI is InChI=1S/C27H27F2N3O5.CH3F/c1-4-36-27(34)23-22(18-10-8-17(15-30)9-11-18)21(26(33)37-13-12-35-3)16(2)32(25(23)31)20-7-5-6-19(14-20)24(28)29;1-2/h5-11,14,22,24H,4,12-13,31H2,1-3H3;1H3. The molecule has 0 fully saturated rings. The van der Waals surface area contributed by atoms with Crippen LogP contribution in [0.2, 0.25) is 0 Å². The van der Waals surface area contributed by atoms with E-state index in [1.165, 1.54) is 30.2 Å². The third kappa shape index (κ3) is 6.97. The number of esters is 2. The molecule has 0 spiro atoms. The Kier molecular flexibility index (Phi) is 11.6. The average Bonchev–Trinajstić information content (AvgIpc) is 2.94. The molecule has 1 heterocycles. The highest BCUT2D eigenvalue weighted by Crippen LogP contribution is 2.44. The molecule has 1 aliphatic heterocycles. The van der Waals surface area contributed by atoms with Gasteiger partial charge in [0.05, 0.1) is 49.1 Å². The number of alkyl halides is 3. The summed E-state index contributed by atoms with van der Waals surface area (Å²) in [6, 6.07) is 13.8. The van der Waals surface area contributed by atoms with Crippen LogP contribution in [-0.4, -0.2) is 46.0 Å². The number of halogens is 3. The van der Waals surface area contributed by atoms with Crippen LogP contribution in [0, 0.1) is 11.3 Å². The third-order valence-corrected chi connectivity index (χ3v) is 5.81. The van der Waals surface area contributed by atoms with Crippen LogP contribution in [-0.2, 0) is 23.8 Å². The molecule has 0 bridgehead atoms. The molecule has 0 amide bonds. The Morgan fingerprint density at radius 1 is 1.05 bits per heavy atom. The maximum absolute atomic E-state index is 13.5. The minimum Gasteiger partial charge on any atom is -0.463 e. The zero-order valence-electron chi connectivity index (χ0n) is 22.0. The highest BCUT2D eigenvalue weighted by molar-refractivity contribution is 6.01. The first-order chi connectivity index (χ1) is 18.7. The van der Waals surface area contributed by atoms with E-state index >= 15 is 0 Å². The zero-order chi connectivity index (χ0) is 29.1. The Labute approximate surface area is 225 Å². The molecule has 1 atom stereocenters. The molecule has 39 heavy (non-hydrogen) atoms. The van der Waals surface area contributed by atoms with Crippen molar-refractivity contribution in [1.82, 2.24) is 0 Å². The monoisotopic (exact) mass is 545 g/mol. The first-order valence-electron chi connectivity index (χ1n) is 11.8. The van der Waals surface area contributed by atoms with Gasteiger partial charge in [0, 0.05) is 24.1 Å². The second-order valence-electron chi connectivity index (χ2n) is 8.05. The summed E-state index contributed by atoms with van der Waals surface area (Å²) in [5.74, 6) is -2.60. The number of hydrogen-bond donors (Lipinski definition) is 1. The van der Waals surface area contributed by atoms with Gasteiger partial charge in [-0.15, -0.1) is 0 Å². The van der Waals surface area contributed by atoms with Crippen LogP contribution >= 0.6 is 0 Å². The van der Waals surface area contributed by atoms with Crippen LogP contribution < -0.4 is 10.6 Å². The maximum atomic E-state index is 13.5. The number of ether oxygens (including phenoxy) is 3. The number of carbonyl (C=O) groups excluding carboxylic acids is 2. The fourth-order valence-corrected chi connectivity index (χ4v) is 4.13. The van der Waals surface area contributed by atoms with E-state index in [4.69, 9.17) is 19.9 Å². The van der Waals surface area contributed by atoms with Crippen LogP contribution in [0.5, 0.6) is 0 Å². The smallest absolute Gasteiger partial charge is 0.338 e. The second-order valence-corrected chi connectivity index (χ2v) is 8.05. The van der Waals surface area contributed by atoms with Gasteiger partial charge in [-0.05, 0) is 43.7 Å². The summed E-state index contributed by atoms with van der Waals surface area (Å²) >= 11 is 0. The van der Waals surface area contributed by atoms with Gasteiger partial charge in [0.15, 0.2) is 0 Å². The lowest BCUT2D eigenvalue weighted by Gasteiger charge is -2.37. The average molecular weight is 546 g/mol. The number of nitriles is 1. The van der Waals surface area contributed by atoms with Gasteiger partial charge in [0.25, 0.3) is 6.43 Å². The summed E-state index contributed by atoms with van der Waals surface area (Å²) in [7, 11) is 1.96. The number of carbonyl (C=O) groups is 2. The SMILES string of the molecule is CCOC(=O)C1=C(N)N(c2cccc(C(F)F)c2)C(C)=C(C(=O)OCCOC)C1c1ccc(C#N)cc1.CF. The molecule has 0 saturated heterocycles. The van der Waals surface area contributed by atoms with Crippen molar-refractivity contribution >= 4 is 17.6 Å². The number of rotatable bonds is 9. The van der Waals surface area contributed by atoms with Gasteiger partial charge in [-0.1, -0.05) is 24.3 Å². The molecule has 1 unspecified atom stereocenters. The van der Waals surface area contributed by atoms with Crippen molar-refractivity contribution in [2.75, 3.05) is 39.0 Å². The van der Waals surface area contributed by atoms with Crippen molar-refractivity contribution in [3.05, 3.63) is 87.9 Å². The lowest BCUT2D eigenvalue weighted by molar-refractivity contribution is -0.140. The van der Waals surface area contributed by atoms with Gasteiger partial charge in [-0.25, -0.2) is 18.4 Å². The van der Waals surface area contributed by atoms with Crippen LogP contribution in [0.15, 0.2) is 71.2 Å². The summed E-state index contributed by atoms with van der Waals surface area (Å²) in [6.07, 6.45) is -2.74. The number of nitrogens with two attached hydrogens (primary N) is 1. The zero-order valence-corrected chi connectivity index (χ0v) is 22.0. The van der Waals surface area contributed by atoms with Crippen LogP contribution in [0.1, 0.15) is 42.9 Å². The molecule has 1 aliphatic rings. The van der Waals surface area contributed by atoms with E-state index in [1.807, 2.05) is 6.07 Å². The molecular formula is C28H30F3N3O5. The molecule has 208 valence electrons. The minimum absolute atomic E-state index is 0.0346. The maximum Gasteiger partial charge on any atom is 0.338 e. The molecule has 2 N–H and O–H groups in total. The predicted octanol–water partition coefficient (Wildman–Crippen LogP) is 4.88. The Morgan fingerprint density at radius 3 is 2.26 bits per heavy atom. The summed E-state index contributed by atoms with van der Waals surface area (Å²) in [4.78, 5) is 28.0. The van der Waals surface area contributed by atoms with Gasteiger partial charge in [-0.2, -0.15) is 5.26 Å². The molecule has 0 saturated carbocycles. The summed E-state index contributed by atoms with van der Waals surface area (Å²) in [6.45, 7) is 3.34. The Balaban J connectivity index is 0.00000260. The highest BCUT2D eigenvalue weighted by atomic mass is 19.3. The van der Waals surface area contributed by atoms with E-state index in [0.717, 1.165) is 0 Å². The van der Waals surface area contributed by atoms with Crippen LogP contribution in [0.3, 0.4) is 0 Å². The number of methoxy groups -OCH3 is 1. The van der Waals surface area contributed by atoms with Crippen LogP contribution in [0.4, 0.5) is 18.9 Å². The molecule has 3 rings (SSSR count). The molecule has 0 aliphatic carbocycles. The fraction of sp³-hybridized carbons (Fsp3) is 0.321. The number of anilines is 1. The van der Waals surface area contributed by atoms with E-state index < -0.39 is 24.3 Å². The summed E-state index contributed by atoms with van der Waals surface area (Å²) in [5.41, 5.74) is 7.67. The Morgan fingerprint density at radius 2 is 1.69 bits per heavy atom. The van der Waals surface area contributed by atoms with Crippen molar-refractivity contribution < 1.29 is 37.0 Å². The van der Waals surface area contributed by atoms with E-state index in [0.29, 0.717) is 18.3 Å². The summed E-state index contributed by atoms with van der Waals surface area (Å²) < 4.78 is 52.1. The highest BCUT2D eigenvalue weighted by Gasteiger charge is 2.42. The second kappa shape index (κ2) is 14.6. The summed E-state index contributed by atoms with van der Waals surface area (Å²) in [5, 5.41) is 9.21. The Bertz CT molecular complexity index is 1270. The van der Waals surface area contributed by atoms with E-state index in [-0.39, 0.29) is 53.7 Å². The van der Waals surface area contributed by atoms with E-state index in [2.05, 4.69) is 0 Å². The number of allylic oxidation sites excluding steroid dienone is 1. The van der Waals surface area contributed by atoms with Crippen molar-refractivity contribution in [1.29, 1.82) is 5.26 Å². The number of benzene rings is 2. The minimum atomic E-state index is -2.74. The molecule has 8 nitrogen and oxygen atoms in total. The molecule has 2 aromatic carbocycles.